The van der Waals surface area contributed by atoms with Crippen molar-refractivity contribution in [2.45, 2.75) is 20.0 Å². The largest absolute Gasteiger partial charge is 0.307 e. The Balaban J connectivity index is 2.68. The molecule has 3 nitrogen and oxygen atoms in total. The molecule has 0 aliphatic heterocycles. The molecule has 0 bridgehead atoms. The zero-order valence-corrected chi connectivity index (χ0v) is 5.30. The molecular formula is C3H7O3Si. The van der Waals surface area contributed by atoms with E-state index in [1.807, 2.05) is 13.8 Å². The molecular weight excluding hydrogens is 112 g/mol. The van der Waals surface area contributed by atoms with Crippen LogP contribution in [0.4, 0.5) is 0 Å². The second-order valence-electron chi connectivity index (χ2n) is 1.30. The van der Waals surface area contributed by atoms with Gasteiger partial charge in [0.1, 0.15) is 0 Å². The van der Waals surface area contributed by atoms with Gasteiger partial charge in [-0.25, -0.2) is 4.89 Å². The maximum atomic E-state index is 4.42. The fraction of sp³-hybridized carbons (Fsp3) is 1.00. The highest BCUT2D eigenvalue weighted by Gasteiger charge is 1.89. The molecule has 4 heteroatoms. The Bertz CT molecular complexity index is 39.2. The average molecular weight is 119 g/mol. The van der Waals surface area contributed by atoms with Crippen molar-refractivity contribution in [2.75, 3.05) is 0 Å². The predicted octanol–water partition coefficient (Wildman–Crippen LogP) is 0.358. The molecule has 0 aliphatic carbocycles. The fourth-order valence-corrected chi connectivity index (χ4v) is 0.137. The summed E-state index contributed by atoms with van der Waals surface area (Å²) >= 11 is 0. The molecule has 0 fully saturated rings. The molecule has 0 amide bonds. The highest BCUT2D eigenvalue weighted by molar-refractivity contribution is 5.97. The van der Waals surface area contributed by atoms with Crippen molar-refractivity contribution in [1.29, 1.82) is 0 Å². The summed E-state index contributed by atoms with van der Waals surface area (Å²) in [6.07, 6.45) is 0.0244. The van der Waals surface area contributed by atoms with Gasteiger partial charge in [-0.2, -0.15) is 0 Å². The zero-order chi connectivity index (χ0) is 5.70. The predicted molar refractivity (Wildman–Crippen MR) is 24.1 cm³/mol. The summed E-state index contributed by atoms with van der Waals surface area (Å²) in [5.41, 5.74) is 0. The van der Waals surface area contributed by atoms with Gasteiger partial charge in [-0.1, -0.05) is 5.04 Å². The minimum atomic E-state index is 0.0244. The van der Waals surface area contributed by atoms with E-state index in [4.69, 9.17) is 0 Å². The Labute approximate surface area is 46.0 Å². The molecule has 3 radical (unpaired) electrons. The molecule has 7 heavy (non-hydrogen) atoms. The lowest BCUT2D eigenvalue weighted by Gasteiger charge is -2.00. The molecule has 0 unspecified atom stereocenters. The van der Waals surface area contributed by atoms with Gasteiger partial charge in [0.15, 0.2) is 0 Å². The lowest BCUT2D eigenvalue weighted by atomic mass is 10.5. The van der Waals surface area contributed by atoms with Gasteiger partial charge in [0.2, 0.25) is 0 Å². The normalized spacial score (nSPS) is 10.3. The first-order chi connectivity index (χ1) is 3.27. The molecule has 41 valence electrons. The topological polar surface area (TPSA) is 27.7 Å². The van der Waals surface area contributed by atoms with Crippen molar-refractivity contribution < 1.29 is 14.5 Å². The van der Waals surface area contributed by atoms with Gasteiger partial charge in [0.05, 0.1) is 6.10 Å². The maximum absolute atomic E-state index is 4.42. The first kappa shape index (κ1) is 7.10. The molecule has 0 spiro atoms. The van der Waals surface area contributed by atoms with Crippen LogP contribution in [0.25, 0.3) is 0 Å². The van der Waals surface area contributed by atoms with Crippen molar-refractivity contribution in [2.24, 2.45) is 0 Å². The lowest BCUT2D eigenvalue weighted by molar-refractivity contribution is -0.480. The van der Waals surface area contributed by atoms with Crippen molar-refractivity contribution in [3.63, 3.8) is 0 Å². The van der Waals surface area contributed by atoms with Gasteiger partial charge >= 0.3 is 10.5 Å². The van der Waals surface area contributed by atoms with Crippen molar-refractivity contribution >= 4 is 10.5 Å². The van der Waals surface area contributed by atoms with Gasteiger partial charge < -0.3 is 0 Å². The van der Waals surface area contributed by atoms with E-state index in [-0.39, 0.29) is 6.10 Å². The van der Waals surface area contributed by atoms with Crippen LogP contribution < -0.4 is 0 Å². The van der Waals surface area contributed by atoms with Crippen molar-refractivity contribution in [1.82, 2.24) is 0 Å². The van der Waals surface area contributed by atoms with Crippen LogP contribution in [0.1, 0.15) is 13.8 Å². The van der Waals surface area contributed by atoms with Crippen LogP contribution in [-0.2, 0) is 14.5 Å². The first-order valence-corrected chi connectivity index (χ1v) is 2.34. The summed E-state index contributed by atoms with van der Waals surface area (Å²) < 4.78 is 3.94. The minimum absolute atomic E-state index is 0.0244. The summed E-state index contributed by atoms with van der Waals surface area (Å²) in [7, 11) is 2.57. The molecule has 0 aromatic rings. The van der Waals surface area contributed by atoms with Gasteiger partial charge in [-0.3, -0.25) is 4.58 Å². The SMILES string of the molecule is CC(C)OOO[Si]. The third-order valence-corrected chi connectivity index (χ3v) is 0.334. The Morgan fingerprint density at radius 2 is 2.00 bits per heavy atom. The summed E-state index contributed by atoms with van der Waals surface area (Å²) in [6.45, 7) is 3.65. The van der Waals surface area contributed by atoms with Gasteiger partial charge in [-0.15, -0.1) is 0 Å². The van der Waals surface area contributed by atoms with Crippen LogP contribution in [0.3, 0.4) is 0 Å². The molecule has 0 aromatic carbocycles. The van der Waals surface area contributed by atoms with Crippen LogP contribution in [0.15, 0.2) is 0 Å². The van der Waals surface area contributed by atoms with E-state index in [9.17, 15) is 0 Å². The van der Waals surface area contributed by atoms with Gasteiger partial charge in [-0.05, 0) is 13.8 Å². The molecule has 0 rings (SSSR count). The highest BCUT2D eigenvalue weighted by atomic mass is 28.2. The summed E-state index contributed by atoms with van der Waals surface area (Å²) in [5.74, 6) is 0. The quantitative estimate of drug-likeness (QED) is 0.305. The van der Waals surface area contributed by atoms with Crippen LogP contribution in [0.2, 0.25) is 0 Å². The number of hydrogen-bond donors (Lipinski definition) is 0. The monoisotopic (exact) mass is 119 g/mol. The second kappa shape index (κ2) is 4.26. The lowest BCUT2D eigenvalue weighted by Crippen LogP contribution is -2.02. The molecule has 0 saturated carbocycles. The summed E-state index contributed by atoms with van der Waals surface area (Å²) in [6, 6.07) is 0. The second-order valence-corrected chi connectivity index (χ2v) is 1.46. The molecule has 0 aromatic heterocycles. The number of hydrogen-bond acceptors (Lipinski definition) is 3. The van der Waals surface area contributed by atoms with E-state index in [1.165, 1.54) is 0 Å². The van der Waals surface area contributed by atoms with Gasteiger partial charge in [0.25, 0.3) is 0 Å². The van der Waals surface area contributed by atoms with E-state index in [0.29, 0.717) is 0 Å². The zero-order valence-electron chi connectivity index (χ0n) is 4.30. The van der Waals surface area contributed by atoms with Crippen LogP contribution in [-0.4, -0.2) is 16.6 Å². The first-order valence-electron chi connectivity index (χ1n) is 1.93. The smallest absolute Gasteiger partial charge is 0.259 e. The molecule has 0 aliphatic rings. The van der Waals surface area contributed by atoms with Crippen LogP contribution in [0, 0.1) is 0 Å². The molecule has 0 N–H and O–H groups in total. The Kier molecular flexibility index (Phi) is 4.32. The third kappa shape index (κ3) is 6.10. The fourth-order valence-electron chi connectivity index (χ4n) is 0.0982. The maximum Gasteiger partial charge on any atom is 0.307 e. The van der Waals surface area contributed by atoms with E-state index in [1.54, 1.807) is 0 Å². The molecule has 0 saturated heterocycles. The average Bonchev–Trinajstić information content (AvgIpc) is 1.61. The summed E-state index contributed by atoms with van der Waals surface area (Å²) in [4.78, 5) is 4.42. The van der Waals surface area contributed by atoms with Crippen molar-refractivity contribution in [3.8, 4) is 0 Å². The van der Waals surface area contributed by atoms with E-state index in [2.05, 4.69) is 25.0 Å². The Hall–Kier alpha value is 0.0969. The summed E-state index contributed by atoms with van der Waals surface area (Å²) in [5, 5.41) is 4.01. The van der Waals surface area contributed by atoms with Crippen LogP contribution in [0.5, 0.6) is 0 Å². The van der Waals surface area contributed by atoms with E-state index >= 15 is 0 Å². The standard InChI is InChI=1S/C3H7O3Si/c1-3(2)4-5-6-7/h3H,1-2H3. The Morgan fingerprint density at radius 3 is 2.14 bits per heavy atom. The van der Waals surface area contributed by atoms with E-state index < -0.39 is 0 Å². The van der Waals surface area contributed by atoms with Crippen molar-refractivity contribution in [3.05, 3.63) is 0 Å². The van der Waals surface area contributed by atoms with Crippen LogP contribution >= 0.6 is 0 Å². The van der Waals surface area contributed by atoms with Gasteiger partial charge in [0, 0.05) is 0 Å². The number of rotatable bonds is 3. The van der Waals surface area contributed by atoms with E-state index in [0.717, 1.165) is 0 Å². The highest BCUT2D eigenvalue weighted by Crippen LogP contribution is 1.86. The minimum Gasteiger partial charge on any atom is -0.259 e. The molecule has 0 heterocycles. The third-order valence-electron chi connectivity index (χ3n) is 0.266. The molecule has 0 atom stereocenters. The Morgan fingerprint density at radius 1 is 1.43 bits per heavy atom.